The Balaban J connectivity index is 1.87. The minimum Gasteiger partial charge on any atom is -0.327 e. The van der Waals surface area contributed by atoms with Crippen LogP contribution in [0.1, 0.15) is 45.6 Å². The molecule has 3 nitrogen and oxygen atoms in total. The zero-order valence-electron chi connectivity index (χ0n) is 13.0. The second-order valence-corrected chi connectivity index (χ2v) is 6.86. The number of quaternary nitrogens is 1. The maximum atomic E-state index is 12.0. The van der Waals surface area contributed by atoms with Gasteiger partial charge in [0.1, 0.15) is 0 Å². The van der Waals surface area contributed by atoms with E-state index in [1.807, 2.05) is 12.1 Å². The third-order valence-electron chi connectivity index (χ3n) is 4.01. The van der Waals surface area contributed by atoms with Gasteiger partial charge in [0.2, 0.25) is 0 Å². The van der Waals surface area contributed by atoms with Crippen LogP contribution in [0.3, 0.4) is 0 Å². The Kier molecular flexibility index (Phi) is 4.81. The molecule has 2 N–H and O–H groups in total. The predicted octanol–water partition coefficient (Wildman–Crippen LogP) is 1.99. The van der Waals surface area contributed by atoms with Gasteiger partial charge in [-0.3, -0.25) is 4.79 Å². The van der Waals surface area contributed by atoms with E-state index >= 15 is 0 Å². The Morgan fingerprint density at radius 3 is 2.25 bits per heavy atom. The summed E-state index contributed by atoms with van der Waals surface area (Å²) in [5.74, 6) is 0.130. The molecule has 0 atom stereocenters. The Morgan fingerprint density at radius 2 is 1.70 bits per heavy atom. The molecule has 110 valence electrons. The largest absolute Gasteiger partial charge is 0.327 e. The summed E-state index contributed by atoms with van der Waals surface area (Å²) in [4.78, 5) is 13.4. The van der Waals surface area contributed by atoms with E-state index in [0.717, 1.165) is 18.8 Å². The molecule has 0 spiro atoms. The standard InChI is InChI=1S/C17H26N2O/c1-17(2,3)14-7-9-15(10-8-14)18-16(20)13-19-11-5-4-6-12-19/h7-10H,4-6,11-13H2,1-3H3,(H,18,20)/p+1. The summed E-state index contributed by atoms with van der Waals surface area (Å²) in [6.07, 6.45) is 3.82. The Morgan fingerprint density at radius 1 is 1.10 bits per heavy atom. The van der Waals surface area contributed by atoms with E-state index in [2.05, 4.69) is 38.2 Å². The summed E-state index contributed by atoms with van der Waals surface area (Å²) in [5, 5.41) is 3.01. The summed E-state index contributed by atoms with van der Waals surface area (Å²) in [5.41, 5.74) is 2.34. The smallest absolute Gasteiger partial charge is 0.279 e. The van der Waals surface area contributed by atoms with Gasteiger partial charge in [-0.05, 0) is 42.4 Å². The van der Waals surface area contributed by atoms with Crippen LogP contribution in [0.4, 0.5) is 5.69 Å². The lowest BCUT2D eigenvalue weighted by Gasteiger charge is -2.23. The van der Waals surface area contributed by atoms with Gasteiger partial charge in [0.15, 0.2) is 6.54 Å². The van der Waals surface area contributed by atoms with Gasteiger partial charge in [-0.1, -0.05) is 32.9 Å². The van der Waals surface area contributed by atoms with E-state index < -0.39 is 0 Å². The van der Waals surface area contributed by atoms with Crippen molar-refractivity contribution in [2.75, 3.05) is 25.0 Å². The number of carbonyl (C=O) groups excluding carboxylic acids is 1. The maximum absolute atomic E-state index is 12.0. The normalized spacial score (nSPS) is 16.9. The summed E-state index contributed by atoms with van der Waals surface area (Å²) in [6.45, 7) is 9.45. The fourth-order valence-corrected chi connectivity index (χ4v) is 2.71. The summed E-state index contributed by atoms with van der Waals surface area (Å²) < 4.78 is 0. The molecule has 0 aromatic heterocycles. The second-order valence-electron chi connectivity index (χ2n) is 6.86. The van der Waals surface area contributed by atoms with E-state index in [1.165, 1.54) is 29.7 Å². The Labute approximate surface area is 122 Å². The van der Waals surface area contributed by atoms with Gasteiger partial charge >= 0.3 is 0 Å². The number of benzene rings is 1. The minimum atomic E-state index is 0.130. The number of hydrogen-bond acceptors (Lipinski definition) is 1. The summed E-state index contributed by atoms with van der Waals surface area (Å²) >= 11 is 0. The zero-order valence-corrected chi connectivity index (χ0v) is 13.0. The molecule has 1 aliphatic heterocycles. The van der Waals surface area contributed by atoms with Crippen LogP contribution in [-0.4, -0.2) is 25.5 Å². The molecular formula is C17H27N2O+. The van der Waals surface area contributed by atoms with Crippen LogP contribution in [0.15, 0.2) is 24.3 Å². The lowest BCUT2D eigenvalue weighted by atomic mass is 9.87. The van der Waals surface area contributed by atoms with Crippen molar-refractivity contribution >= 4 is 11.6 Å². The van der Waals surface area contributed by atoms with E-state index in [0.29, 0.717) is 6.54 Å². The van der Waals surface area contributed by atoms with Gasteiger partial charge in [0, 0.05) is 5.69 Å². The molecule has 1 amide bonds. The highest BCUT2D eigenvalue weighted by Gasteiger charge is 2.17. The molecule has 0 bridgehead atoms. The van der Waals surface area contributed by atoms with Crippen LogP contribution < -0.4 is 10.2 Å². The van der Waals surface area contributed by atoms with Crippen LogP contribution in [0, 0.1) is 0 Å². The number of nitrogens with one attached hydrogen (secondary N) is 2. The van der Waals surface area contributed by atoms with Gasteiger partial charge in [-0.25, -0.2) is 0 Å². The molecule has 3 heteroatoms. The topological polar surface area (TPSA) is 33.5 Å². The third kappa shape index (κ3) is 4.34. The highest BCUT2D eigenvalue weighted by Crippen LogP contribution is 2.23. The molecule has 1 fully saturated rings. The first-order chi connectivity index (χ1) is 9.45. The van der Waals surface area contributed by atoms with Crippen molar-refractivity contribution in [3.63, 3.8) is 0 Å². The van der Waals surface area contributed by atoms with Crippen LogP contribution >= 0.6 is 0 Å². The summed E-state index contributed by atoms with van der Waals surface area (Å²) in [6, 6.07) is 8.21. The average molecular weight is 275 g/mol. The van der Waals surface area contributed by atoms with Crippen LogP contribution in [-0.2, 0) is 10.2 Å². The highest BCUT2D eigenvalue weighted by molar-refractivity contribution is 5.91. The van der Waals surface area contributed by atoms with Crippen molar-refractivity contribution in [2.24, 2.45) is 0 Å². The predicted molar refractivity (Wildman–Crippen MR) is 83.2 cm³/mol. The molecule has 20 heavy (non-hydrogen) atoms. The van der Waals surface area contributed by atoms with Crippen molar-refractivity contribution in [3.8, 4) is 0 Å². The van der Waals surface area contributed by atoms with Crippen LogP contribution in [0.5, 0.6) is 0 Å². The quantitative estimate of drug-likeness (QED) is 0.869. The molecule has 1 aromatic rings. The molecule has 1 heterocycles. The van der Waals surface area contributed by atoms with E-state index in [4.69, 9.17) is 0 Å². The van der Waals surface area contributed by atoms with Crippen LogP contribution in [0.2, 0.25) is 0 Å². The van der Waals surface area contributed by atoms with E-state index in [1.54, 1.807) is 0 Å². The van der Waals surface area contributed by atoms with Crippen molar-refractivity contribution in [1.29, 1.82) is 0 Å². The first-order valence-corrected chi connectivity index (χ1v) is 7.69. The minimum absolute atomic E-state index is 0.130. The lowest BCUT2D eigenvalue weighted by Crippen LogP contribution is -3.13. The molecule has 1 saturated heterocycles. The van der Waals surface area contributed by atoms with Gasteiger partial charge in [0.05, 0.1) is 13.1 Å². The SMILES string of the molecule is CC(C)(C)c1ccc(NC(=O)C[NH+]2CCCCC2)cc1. The first-order valence-electron chi connectivity index (χ1n) is 7.69. The molecule has 0 aliphatic carbocycles. The molecule has 1 aliphatic rings. The fraction of sp³-hybridized carbons (Fsp3) is 0.588. The lowest BCUT2D eigenvalue weighted by molar-refractivity contribution is -0.896. The van der Waals surface area contributed by atoms with Gasteiger partial charge in [0.25, 0.3) is 5.91 Å². The van der Waals surface area contributed by atoms with Crippen molar-refractivity contribution in [2.45, 2.75) is 45.4 Å². The zero-order chi connectivity index (χ0) is 14.6. The summed E-state index contributed by atoms with van der Waals surface area (Å²) in [7, 11) is 0. The molecular weight excluding hydrogens is 248 g/mol. The van der Waals surface area contributed by atoms with Gasteiger partial charge < -0.3 is 10.2 Å². The first kappa shape index (κ1) is 15.0. The Hall–Kier alpha value is -1.35. The molecule has 0 saturated carbocycles. The van der Waals surface area contributed by atoms with E-state index in [-0.39, 0.29) is 11.3 Å². The number of carbonyl (C=O) groups is 1. The fourth-order valence-electron chi connectivity index (χ4n) is 2.71. The van der Waals surface area contributed by atoms with Crippen molar-refractivity contribution in [1.82, 2.24) is 0 Å². The van der Waals surface area contributed by atoms with Gasteiger partial charge in [-0.2, -0.15) is 0 Å². The van der Waals surface area contributed by atoms with Crippen molar-refractivity contribution in [3.05, 3.63) is 29.8 Å². The van der Waals surface area contributed by atoms with Gasteiger partial charge in [-0.15, -0.1) is 0 Å². The molecule has 0 radical (unpaired) electrons. The van der Waals surface area contributed by atoms with Crippen LogP contribution in [0.25, 0.3) is 0 Å². The highest BCUT2D eigenvalue weighted by atomic mass is 16.2. The maximum Gasteiger partial charge on any atom is 0.279 e. The number of amides is 1. The third-order valence-corrected chi connectivity index (χ3v) is 4.01. The number of hydrogen-bond donors (Lipinski definition) is 2. The van der Waals surface area contributed by atoms with E-state index in [9.17, 15) is 4.79 Å². The monoisotopic (exact) mass is 275 g/mol. The Bertz CT molecular complexity index is 439. The number of likely N-dealkylation sites (tertiary alicyclic amines) is 1. The molecule has 2 rings (SSSR count). The average Bonchev–Trinajstić information content (AvgIpc) is 2.39. The molecule has 0 unspecified atom stereocenters. The molecule has 1 aromatic carbocycles. The number of anilines is 1. The second kappa shape index (κ2) is 6.40. The number of rotatable bonds is 3. The van der Waals surface area contributed by atoms with Crippen molar-refractivity contribution < 1.29 is 9.69 Å². The number of piperidine rings is 1.